The van der Waals surface area contributed by atoms with Crippen LogP contribution < -0.4 is 11.1 Å². The van der Waals surface area contributed by atoms with Gasteiger partial charge in [0.2, 0.25) is 0 Å². The van der Waals surface area contributed by atoms with Gasteiger partial charge in [0.15, 0.2) is 0 Å². The molecule has 0 aromatic heterocycles. The molecule has 0 unspecified atom stereocenters. The minimum Gasteiger partial charge on any atom is -0.348 e. The average molecular weight is 278 g/mol. The number of nitrogens with two attached hydrogens (primary N) is 1. The van der Waals surface area contributed by atoms with Crippen LogP contribution in [0, 0.1) is 23.6 Å². The molecule has 0 bridgehead atoms. The molecule has 0 heterocycles. The summed E-state index contributed by atoms with van der Waals surface area (Å²) in [5.74, 6) is -0.825. The summed E-state index contributed by atoms with van der Waals surface area (Å²) in [5.41, 5.74) is 6.35. The summed E-state index contributed by atoms with van der Waals surface area (Å²) < 4.78 is 14.0. The molecule has 0 spiro atoms. The van der Waals surface area contributed by atoms with Crippen LogP contribution in [0.2, 0.25) is 0 Å². The standard InChI is InChI=1S/C16H23FN2O/c1-9-7-6-8-10(11(9)17)12(20)19-14-15(2,3)13(18)16(14,4)5/h6-8,13-14H,18H2,1-5H3,(H,19,20). The Hall–Kier alpha value is -1.42. The van der Waals surface area contributed by atoms with Gasteiger partial charge in [-0.3, -0.25) is 4.79 Å². The molecule has 0 aliphatic heterocycles. The molecule has 1 fully saturated rings. The molecule has 2 rings (SSSR count). The van der Waals surface area contributed by atoms with Crippen molar-refractivity contribution in [1.29, 1.82) is 0 Å². The first kappa shape index (κ1) is 15.0. The molecule has 1 aromatic rings. The number of benzene rings is 1. The van der Waals surface area contributed by atoms with Crippen molar-refractivity contribution >= 4 is 5.91 Å². The molecule has 0 saturated heterocycles. The first-order chi connectivity index (χ1) is 9.10. The van der Waals surface area contributed by atoms with Crippen molar-refractivity contribution in [2.75, 3.05) is 0 Å². The van der Waals surface area contributed by atoms with E-state index in [1.54, 1.807) is 19.1 Å². The van der Waals surface area contributed by atoms with Gasteiger partial charge in [-0.2, -0.15) is 0 Å². The third-order valence-electron chi connectivity index (χ3n) is 4.80. The third kappa shape index (κ3) is 2.03. The smallest absolute Gasteiger partial charge is 0.254 e. The van der Waals surface area contributed by atoms with Crippen LogP contribution in [0.1, 0.15) is 43.6 Å². The molecular formula is C16H23FN2O. The fraction of sp³-hybridized carbons (Fsp3) is 0.562. The second kappa shape index (κ2) is 4.55. The van der Waals surface area contributed by atoms with Crippen molar-refractivity contribution in [2.24, 2.45) is 16.6 Å². The summed E-state index contributed by atoms with van der Waals surface area (Å²) >= 11 is 0. The van der Waals surface area contributed by atoms with Crippen molar-refractivity contribution in [3.8, 4) is 0 Å². The van der Waals surface area contributed by atoms with Gasteiger partial charge in [0.1, 0.15) is 5.82 Å². The van der Waals surface area contributed by atoms with Crippen LogP contribution in [-0.4, -0.2) is 18.0 Å². The SMILES string of the molecule is Cc1cccc(C(=O)NC2C(C)(C)C(N)C2(C)C)c1F. The van der Waals surface area contributed by atoms with E-state index in [2.05, 4.69) is 5.32 Å². The van der Waals surface area contributed by atoms with Gasteiger partial charge in [-0.05, 0) is 18.6 Å². The zero-order chi connectivity index (χ0) is 15.3. The van der Waals surface area contributed by atoms with Crippen LogP contribution >= 0.6 is 0 Å². The normalized spacial score (nSPS) is 26.8. The minimum atomic E-state index is -0.454. The molecule has 0 atom stereocenters. The van der Waals surface area contributed by atoms with Crippen LogP contribution in [0.15, 0.2) is 18.2 Å². The molecule has 4 heteroatoms. The van der Waals surface area contributed by atoms with Crippen LogP contribution in [-0.2, 0) is 0 Å². The van der Waals surface area contributed by atoms with Gasteiger partial charge in [-0.1, -0.05) is 39.8 Å². The fourth-order valence-electron chi connectivity index (χ4n) is 3.58. The predicted molar refractivity (Wildman–Crippen MR) is 77.9 cm³/mol. The zero-order valence-corrected chi connectivity index (χ0v) is 12.8. The maximum atomic E-state index is 14.0. The van der Waals surface area contributed by atoms with Gasteiger partial charge in [0, 0.05) is 22.9 Å². The fourth-order valence-corrected chi connectivity index (χ4v) is 3.58. The van der Waals surface area contributed by atoms with Crippen LogP contribution in [0.4, 0.5) is 4.39 Å². The van der Waals surface area contributed by atoms with E-state index in [4.69, 9.17) is 5.73 Å². The highest BCUT2D eigenvalue weighted by Gasteiger charge is 2.60. The minimum absolute atomic E-state index is 0.00246. The highest BCUT2D eigenvalue weighted by Crippen LogP contribution is 2.52. The number of nitrogens with one attached hydrogen (secondary N) is 1. The molecular weight excluding hydrogens is 255 g/mol. The van der Waals surface area contributed by atoms with Crippen molar-refractivity contribution in [3.05, 3.63) is 35.1 Å². The Bertz CT molecular complexity index is 535. The Morgan fingerprint density at radius 3 is 2.35 bits per heavy atom. The number of hydrogen-bond acceptors (Lipinski definition) is 2. The van der Waals surface area contributed by atoms with Gasteiger partial charge in [-0.15, -0.1) is 0 Å². The number of hydrogen-bond donors (Lipinski definition) is 2. The number of aryl methyl sites for hydroxylation is 1. The average Bonchev–Trinajstić information content (AvgIpc) is 2.37. The molecule has 1 aliphatic rings. The van der Waals surface area contributed by atoms with Gasteiger partial charge in [-0.25, -0.2) is 4.39 Å². The summed E-state index contributed by atoms with van der Waals surface area (Å²) in [4.78, 5) is 12.3. The van der Waals surface area contributed by atoms with E-state index in [-0.39, 0.29) is 34.4 Å². The lowest BCUT2D eigenvalue weighted by molar-refractivity contribution is -0.0664. The number of amides is 1. The Balaban J connectivity index is 2.23. The Labute approximate surface area is 119 Å². The molecule has 0 radical (unpaired) electrons. The number of rotatable bonds is 2. The van der Waals surface area contributed by atoms with E-state index in [0.29, 0.717) is 5.56 Å². The topological polar surface area (TPSA) is 55.1 Å². The van der Waals surface area contributed by atoms with E-state index in [1.165, 1.54) is 6.07 Å². The van der Waals surface area contributed by atoms with E-state index < -0.39 is 5.82 Å². The molecule has 3 N–H and O–H groups in total. The Morgan fingerprint density at radius 2 is 1.80 bits per heavy atom. The van der Waals surface area contributed by atoms with Crippen molar-refractivity contribution < 1.29 is 9.18 Å². The van der Waals surface area contributed by atoms with Gasteiger partial charge >= 0.3 is 0 Å². The number of halogens is 1. The van der Waals surface area contributed by atoms with Gasteiger partial charge in [0.05, 0.1) is 5.56 Å². The molecule has 20 heavy (non-hydrogen) atoms. The van der Waals surface area contributed by atoms with E-state index >= 15 is 0 Å². The largest absolute Gasteiger partial charge is 0.348 e. The van der Waals surface area contributed by atoms with Crippen molar-refractivity contribution in [1.82, 2.24) is 5.32 Å². The van der Waals surface area contributed by atoms with Gasteiger partial charge in [0.25, 0.3) is 5.91 Å². The molecule has 1 aromatic carbocycles. The summed E-state index contributed by atoms with van der Waals surface area (Å²) in [5, 5.41) is 2.95. The summed E-state index contributed by atoms with van der Waals surface area (Å²) in [6, 6.07) is 4.78. The first-order valence-electron chi connectivity index (χ1n) is 6.91. The highest BCUT2D eigenvalue weighted by molar-refractivity contribution is 5.95. The molecule has 110 valence electrons. The highest BCUT2D eigenvalue weighted by atomic mass is 19.1. The predicted octanol–water partition coefficient (Wildman–Crippen LogP) is 2.63. The second-order valence-corrected chi connectivity index (χ2v) is 6.96. The third-order valence-corrected chi connectivity index (χ3v) is 4.80. The maximum absolute atomic E-state index is 14.0. The Morgan fingerprint density at radius 1 is 1.25 bits per heavy atom. The lowest BCUT2D eigenvalue weighted by atomic mass is 9.48. The van der Waals surface area contributed by atoms with Crippen LogP contribution in [0.25, 0.3) is 0 Å². The summed E-state index contributed by atoms with van der Waals surface area (Å²) in [6.45, 7) is 9.76. The summed E-state index contributed by atoms with van der Waals surface area (Å²) in [7, 11) is 0. The van der Waals surface area contributed by atoms with E-state index in [1.807, 2.05) is 27.7 Å². The van der Waals surface area contributed by atoms with Crippen molar-refractivity contribution in [3.63, 3.8) is 0 Å². The van der Waals surface area contributed by atoms with Crippen LogP contribution in [0.5, 0.6) is 0 Å². The first-order valence-corrected chi connectivity index (χ1v) is 6.91. The summed E-state index contributed by atoms with van der Waals surface area (Å²) in [6.07, 6.45) is 0. The van der Waals surface area contributed by atoms with Crippen LogP contribution in [0.3, 0.4) is 0 Å². The number of carbonyl (C=O) groups excluding carboxylic acids is 1. The molecule has 1 aliphatic carbocycles. The zero-order valence-electron chi connectivity index (χ0n) is 12.8. The molecule has 1 saturated carbocycles. The molecule has 1 amide bonds. The van der Waals surface area contributed by atoms with Gasteiger partial charge < -0.3 is 11.1 Å². The van der Waals surface area contributed by atoms with E-state index in [9.17, 15) is 9.18 Å². The molecule has 3 nitrogen and oxygen atoms in total. The number of carbonyl (C=O) groups is 1. The second-order valence-electron chi connectivity index (χ2n) is 6.96. The van der Waals surface area contributed by atoms with E-state index in [0.717, 1.165) is 0 Å². The van der Waals surface area contributed by atoms with Crippen molar-refractivity contribution in [2.45, 2.75) is 46.7 Å². The Kier molecular flexibility index (Phi) is 3.41. The lowest BCUT2D eigenvalue weighted by Gasteiger charge is -2.62. The monoisotopic (exact) mass is 278 g/mol. The lowest BCUT2D eigenvalue weighted by Crippen LogP contribution is -2.76. The quantitative estimate of drug-likeness (QED) is 0.873. The maximum Gasteiger partial charge on any atom is 0.254 e.